The Labute approximate surface area is 166 Å². The van der Waals surface area contributed by atoms with Crippen LogP contribution in [0, 0.1) is 23.2 Å². The molecule has 1 fully saturated rings. The number of carbonyl (C=O) groups excluding carboxylic acids is 3. The van der Waals surface area contributed by atoms with Crippen molar-refractivity contribution in [3.8, 4) is 6.07 Å². The lowest BCUT2D eigenvalue weighted by Gasteiger charge is -2.44. The standard InChI is InChI=1S/C21H19N3O5/c1-29-20(27)13-9-7-12(8-10-13)16-15(11-22)21(28,14-5-3-2-4-6-14)24-19(26)17(16)18(23)25/h2-10,15-17,28H,1H3,(H2,23,25)(H,24,26)/t15-,16+,17-,21+/m0/s1. The lowest BCUT2D eigenvalue weighted by atomic mass is 9.67. The molecule has 0 bridgehead atoms. The lowest BCUT2D eigenvalue weighted by molar-refractivity contribution is -0.153. The van der Waals surface area contributed by atoms with Crippen molar-refractivity contribution < 1.29 is 24.2 Å². The maximum absolute atomic E-state index is 12.7. The van der Waals surface area contributed by atoms with Crippen LogP contribution in [0.2, 0.25) is 0 Å². The van der Waals surface area contributed by atoms with Crippen LogP contribution in [0.25, 0.3) is 0 Å². The minimum absolute atomic E-state index is 0.263. The summed E-state index contributed by atoms with van der Waals surface area (Å²) in [6, 6.07) is 16.2. The maximum Gasteiger partial charge on any atom is 0.337 e. The van der Waals surface area contributed by atoms with Gasteiger partial charge in [0.2, 0.25) is 11.8 Å². The van der Waals surface area contributed by atoms with Gasteiger partial charge in [0.25, 0.3) is 0 Å². The highest BCUT2D eigenvalue weighted by Gasteiger charge is 2.55. The molecule has 0 aliphatic carbocycles. The summed E-state index contributed by atoms with van der Waals surface area (Å²) in [6.07, 6.45) is 0. The highest BCUT2D eigenvalue weighted by molar-refractivity contribution is 6.02. The van der Waals surface area contributed by atoms with E-state index in [4.69, 9.17) is 5.73 Å². The monoisotopic (exact) mass is 393 g/mol. The van der Waals surface area contributed by atoms with Gasteiger partial charge in [-0.2, -0.15) is 5.26 Å². The van der Waals surface area contributed by atoms with E-state index in [0.29, 0.717) is 11.1 Å². The minimum Gasteiger partial charge on any atom is -0.465 e. The SMILES string of the molecule is COC(=O)c1ccc([C@H]2[C@@H](C(N)=O)C(=O)N[C@@](O)(c3ccccc3)[C@H]2C#N)cc1. The van der Waals surface area contributed by atoms with Gasteiger partial charge in [0.15, 0.2) is 5.72 Å². The van der Waals surface area contributed by atoms with Crippen molar-refractivity contribution >= 4 is 17.8 Å². The number of nitrogens with two attached hydrogens (primary N) is 1. The first-order valence-electron chi connectivity index (χ1n) is 8.80. The molecular formula is C21H19N3O5. The van der Waals surface area contributed by atoms with Gasteiger partial charge in [0.1, 0.15) is 11.8 Å². The average Bonchev–Trinajstić information content (AvgIpc) is 2.73. The fourth-order valence-corrected chi connectivity index (χ4v) is 3.73. The number of amides is 2. The van der Waals surface area contributed by atoms with Crippen LogP contribution in [0.4, 0.5) is 0 Å². The summed E-state index contributed by atoms with van der Waals surface area (Å²) in [5.41, 5.74) is 4.42. The minimum atomic E-state index is -2.02. The molecule has 2 aromatic rings. The second-order valence-corrected chi connectivity index (χ2v) is 6.75. The maximum atomic E-state index is 12.7. The Morgan fingerprint density at radius 2 is 1.79 bits per heavy atom. The highest BCUT2D eigenvalue weighted by Crippen LogP contribution is 2.45. The number of nitrogens with zero attached hydrogens (tertiary/aromatic N) is 1. The van der Waals surface area contributed by atoms with E-state index >= 15 is 0 Å². The molecule has 1 aliphatic rings. The molecule has 3 rings (SSSR count). The Hall–Kier alpha value is -3.70. The van der Waals surface area contributed by atoms with Gasteiger partial charge < -0.3 is 20.9 Å². The van der Waals surface area contributed by atoms with Gasteiger partial charge in [0, 0.05) is 11.5 Å². The molecule has 0 radical (unpaired) electrons. The van der Waals surface area contributed by atoms with Gasteiger partial charge >= 0.3 is 5.97 Å². The lowest BCUT2D eigenvalue weighted by Crippen LogP contribution is -2.62. The second kappa shape index (κ2) is 7.73. The fourth-order valence-electron chi connectivity index (χ4n) is 3.73. The van der Waals surface area contributed by atoms with Crippen LogP contribution < -0.4 is 11.1 Å². The zero-order chi connectivity index (χ0) is 21.2. The predicted octanol–water partition coefficient (Wildman–Crippen LogP) is 0.773. The van der Waals surface area contributed by atoms with Crippen molar-refractivity contribution in [3.05, 3.63) is 71.3 Å². The number of hydrogen-bond donors (Lipinski definition) is 3. The molecule has 2 aromatic carbocycles. The predicted molar refractivity (Wildman–Crippen MR) is 101 cm³/mol. The summed E-state index contributed by atoms with van der Waals surface area (Å²) in [7, 11) is 1.25. The summed E-state index contributed by atoms with van der Waals surface area (Å²) in [6.45, 7) is 0. The molecule has 2 amide bonds. The van der Waals surface area contributed by atoms with E-state index in [2.05, 4.69) is 10.1 Å². The van der Waals surface area contributed by atoms with Gasteiger partial charge in [-0.3, -0.25) is 9.59 Å². The number of rotatable bonds is 4. The van der Waals surface area contributed by atoms with Gasteiger partial charge in [-0.15, -0.1) is 0 Å². The molecule has 4 N–H and O–H groups in total. The molecule has 29 heavy (non-hydrogen) atoms. The summed E-state index contributed by atoms with van der Waals surface area (Å²) in [5.74, 6) is -5.86. The van der Waals surface area contributed by atoms with Crippen LogP contribution in [0.3, 0.4) is 0 Å². The van der Waals surface area contributed by atoms with E-state index in [1.54, 1.807) is 30.3 Å². The third kappa shape index (κ3) is 3.44. The second-order valence-electron chi connectivity index (χ2n) is 6.75. The molecule has 1 saturated heterocycles. The van der Waals surface area contributed by atoms with Crippen LogP contribution in [0.1, 0.15) is 27.4 Å². The number of hydrogen-bond acceptors (Lipinski definition) is 6. The van der Waals surface area contributed by atoms with Crippen molar-refractivity contribution in [1.82, 2.24) is 5.32 Å². The molecule has 1 aliphatic heterocycles. The summed E-state index contributed by atoms with van der Waals surface area (Å²) in [4.78, 5) is 36.5. The van der Waals surface area contributed by atoms with E-state index in [9.17, 15) is 24.8 Å². The van der Waals surface area contributed by atoms with Crippen LogP contribution in [0.5, 0.6) is 0 Å². The smallest absolute Gasteiger partial charge is 0.337 e. The van der Waals surface area contributed by atoms with Crippen LogP contribution in [-0.4, -0.2) is 30.0 Å². The van der Waals surface area contributed by atoms with E-state index < -0.39 is 41.3 Å². The van der Waals surface area contributed by atoms with Crippen molar-refractivity contribution in [3.63, 3.8) is 0 Å². The third-order valence-corrected chi connectivity index (χ3v) is 5.14. The number of esters is 1. The number of ether oxygens (including phenoxy) is 1. The van der Waals surface area contributed by atoms with Crippen molar-refractivity contribution in [2.45, 2.75) is 11.6 Å². The van der Waals surface area contributed by atoms with Crippen molar-refractivity contribution in [2.75, 3.05) is 7.11 Å². The van der Waals surface area contributed by atoms with Crippen LogP contribution in [-0.2, 0) is 20.1 Å². The largest absolute Gasteiger partial charge is 0.465 e. The number of methoxy groups -OCH3 is 1. The van der Waals surface area contributed by atoms with E-state index in [-0.39, 0.29) is 5.56 Å². The van der Waals surface area contributed by atoms with E-state index in [1.165, 1.54) is 31.4 Å². The summed E-state index contributed by atoms with van der Waals surface area (Å²) >= 11 is 0. The van der Waals surface area contributed by atoms with Gasteiger partial charge in [-0.05, 0) is 17.7 Å². The summed E-state index contributed by atoms with van der Waals surface area (Å²) in [5, 5.41) is 23.6. The molecule has 0 unspecified atom stereocenters. The van der Waals surface area contributed by atoms with Gasteiger partial charge in [-0.25, -0.2) is 4.79 Å². The molecular weight excluding hydrogens is 374 g/mol. The zero-order valence-electron chi connectivity index (χ0n) is 15.5. The Balaban J connectivity index is 2.14. The number of piperidine rings is 1. The number of carbonyl (C=O) groups is 3. The van der Waals surface area contributed by atoms with E-state index in [0.717, 1.165) is 0 Å². The topological polar surface area (TPSA) is 143 Å². The Morgan fingerprint density at radius 3 is 2.31 bits per heavy atom. The highest BCUT2D eigenvalue weighted by atomic mass is 16.5. The molecule has 0 spiro atoms. The van der Waals surface area contributed by atoms with Crippen LogP contribution in [0.15, 0.2) is 54.6 Å². The Bertz CT molecular complexity index is 984. The normalized spacial score (nSPS) is 26.1. The third-order valence-electron chi connectivity index (χ3n) is 5.14. The first kappa shape index (κ1) is 20.0. The summed E-state index contributed by atoms with van der Waals surface area (Å²) < 4.78 is 4.66. The quantitative estimate of drug-likeness (QED) is 0.517. The first-order valence-corrected chi connectivity index (χ1v) is 8.80. The molecule has 1 heterocycles. The number of benzene rings is 2. The molecule has 8 heteroatoms. The molecule has 148 valence electrons. The van der Waals surface area contributed by atoms with Crippen molar-refractivity contribution in [1.29, 1.82) is 5.26 Å². The Kier molecular flexibility index (Phi) is 5.35. The number of nitrogens with one attached hydrogen (secondary N) is 1. The first-order chi connectivity index (χ1) is 13.8. The number of nitriles is 1. The Morgan fingerprint density at radius 1 is 1.17 bits per heavy atom. The van der Waals surface area contributed by atoms with Gasteiger partial charge in [-0.1, -0.05) is 42.5 Å². The zero-order valence-corrected chi connectivity index (χ0v) is 15.5. The molecule has 4 atom stereocenters. The van der Waals surface area contributed by atoms with Gasteiger partial charge in [0.05, 0.1) is 18.7 Å². The average molecular weight is 393 g/mol. The van der Waals surface area contributed by atoms with E-state index in [1.807, 2.05) is 6.07 Å². The van der Waals surface area contributed by atoms with Crippen LogP contribution >= 0.6 is 0 Å². The molecule has 8 nitrogen and oxygen atoms in total. The number of primary amides is 1. The molecule has 0 saturated carbocycles. The number of aliphatic hydroxyl groups is 1. The molecule has 0 aromatic heterocycles. The fraction of sp³-hybridized carbons (Fsp3) is 0.238. The van der Waals surface area contributed by atoms with Crippen molar-refractivity contribution in [2.24, 2.45) is 17.6 Å².